The number of allylic oxidation sites excluding steroid dienone is 3. The van der Waals surface area contributed by atoms with E-state index in [0.717, 1.165) is 105 Å². The number of methoxy groups -OCH3 is 5. The number of hydrogen-bond acceptors (Lipinski definition) is 27. The number of hydrogen-bond donors (Lipinski definition) is 7. The van der Waals surface area contributed by atoms with Crippen LogP contribution in [0.5, 0.6) is 47.2 Å². The van der Waals surface area contributed by atoms with E-state index in [1.54, 1.807) is 56.1 Å². The van der Waals surface area contributed by atoms with Gasteiger partial charge < -0.3 is 88.8 Å². The van der Waals surface area contributed by atoms with Crippen LogP contribution in [0.25, 0.3) is 33.8 Å². The highest BCUT2D eigenvalue weighted by atomic mass is 32.2. The molecule has 149 heavy (non-hydrogen) atoms. The Balaban J connectivity index is 0.000000153. The second-order valence-corrected chi connectivity index (χ2v) is 44.7. The fraction of sp³-hybridized carbons (Fsp3) is 0.472. The monoisotopic (exact) mass is 2080 g/mol. The molecule has 39 nitrogen and oxygen atoms in total. The van der Waals surface area contributed by atoms with E-state index >= 15 is 0 Å². The number of urea groups is 3. The zero-order valence-corrected chi connectivity index (χ0v) is 86.3. The van der Waals surface area contributed by atoms with Gasteiger partial charge in [-0.3, -0.25) is 33.4 Å². The highest BCUT2D eigenvalue weighted by molar-refractivity contribution is 7.92. The van der Waals surface area contributed by atoms with Crippen molar-refractivity contribution in [1.29, 1.82) is 0 Å². The minimum atomic E-state index is -3.97. The Labute approximate surface area is 866 Å². The molecule has 41 heteroatoms. The van der Waals surface area contributed by atoms with Crippen molar-refractivity contribution in [2.45, 2.75) is 231 Å². The molecular weight excluding hydrogens is 1950 g/mol. The van der Waals surface area contributed by atoms with Crippen LogP contribution in [0.4, 0.5) is 14.4 Å². The molecule has 790 valence electrons. The number of benzene rings is 5. The molecule has 8 aromatic rings. The summed E-state index contributed by atoms with van der Waals surface area (Å²) in [4.78, 5) is 159. The van der Waals surface area contributed by atoms with Gasteiger partial charge in [0.1, 0.15) is 64.6 Å². The number of carbonyl (C=O) groups is 9. The Hall–Kier alpha value is -14.5. The zero-order valence-electron chi connectivity index (χ0n) is 84.6. The molecule has 0 unspecified atom stereocenters. The highest BCUT2D eigenvalue weighted by Gasteiger charge is 2.66. The van der Waals surface area contributed by atoms with E-state index in [4.69, 9.17) is 37.9 Å². The number of nitrogens with one attached hydrogen (secondary N) is 6. The zero-order chi connectivity index (χ0) is 105. The first kappa shape index (κ1) is 106. The number of carboxylic acids is 1. The molecule has 0 radical (unpaired) electrons. The van der Waals surface area contributed by atoms with Gasteiger partial charge in [-0.25, -0.2) is 36.0 Å². The number of carboxylic acid groups (broad SMARTS) is 1. The topological polar surface area (TPSA) is 482 Å². The van der Waals surface area contributed by atoms with E-state index in [2.05, 4.69) is 60.6 Å². The number of rotatable bonds is 25. The summed E-state index contributed by atoms with van der Waals surface area (Å²) in [5.41, 5.74) is 1.77. The second-order valence-electron chi connectivity index (χ2n) is 40.3. The molecular formula is C108H129N17O22S2. The molecule has 6 aliphatic heterocycles. The Morgan fingerprint density at radius 3 is 1.08 bits per heavy atom. The number of aromatic nitrogens is 6. The summed E-state index contributed by atoms with van der Waals surface area (Å²) in [6.45, 7) is 5.50. The number of fused-ring (bicyclic) bond motifs is 6. The lowest BCUT2D eigenvalue weighted by molar-refractivity contribution is -0.144. The number of amides is 11. The van der Waals surface area contributed by atoms with Crippen LogP contribution in [0.2, 0.25) is 0 Å². The summed E-state index contributed by atoms with van der Waals surface area (Å²) >= 11 is 0. The summed E-state index contributed by atoms with van der Waals surface area (Å²) in [5.74, 6) is -3.23. The van der Waals surface area contributed by atoms with Crippen molar-refractivity contribution in [3.8, 4) is 80.9 Å². The molecule has 11 amide bonds. The van der Waals surface area contributed by atoms with E-state index in [1.165, 1.54) is 36.0 Å². The normalized spacial score (nSPS) is 26.2. The maximum atomic E-state index is 14.7. The van der Waals surface area contributed by atoms with Crippen LogP contribution in [0.3, 0.4) is 0 Å². The van der Waals surface area contributed by atoms with Crippen LogP contribution in [0.1, 0.15) is 166 Å². The maximum Gasteiger partial charge on any atom is 0.330 e. The van der Waals surface area contributed by atoms with E-state index in [1.807, 2.05) is 176 Å². The minimum Gasteiger partial charge on any atom is -0.497 e. The predicted octanol–water partition coefficient (Wildman–Crippen LogP) is 12.0. The third-order valence-corrected chi connectivity index (χ3v) is 34.0. The van der Waals surface area contributed by atoms with Gasteiger partial charge in [0.05, 0.1) is 81.8 Å². The van der Waals surface area contributed by atoms with Crippen LogP contribution < -0.4 is 68.6 Å². The largest absolute Gasteiger partial charge is 0.497 e. The average molecular weight is 2080 g/mol. The third kappa shape index (κ3) is 24.9. The fourth-order valence-corrected chi connectivity index (χ4v) is 22.4. The summed E-state index contributed by atoms with van der Waals surface area (Å²) in [5, 5.41) is 21.7. The second kappa shape index (κ2) is 45.7. The van der Waals surface area contributed by atoms with Gasteiger partial charge in [-0.15, -0.1) is 0 Å². The summed E-state index contributed by atoms with van der Waals surface area (Å²) in [7, 11) is -0.300. The van der Waals surface area contributed by atoms with Gasteiger partial charge in [0.2, 0.25) is 55.4 Å². The van der Waals surface area contributed by atoms with Gasteiger partial charge in [-0.2, -0.15) is 29.9 Å². The number of carbonyl (C=O) groups excluding carboxylic acids is 8. The van der Waals surface area contributed by atoms with Gasteiger partial charge in [-0.1, -0.05) is 171 Å². The van der Waals surface area contributed by atoms with Gasteiger partial charge in [0, 0.05) is 105 Å². The van der Waals surface area contributed by atoms with Crippen molar-refractivity contribution in [3.63, 3.8) is 0 Å². The van der Waals surface area contributed by atoms with Gasteiger partial charge in [0.15, 0.2) is 0 Å². The highest BCUT2D eigenvalue weighted by Crippen LogP contribution is 2.51. The first-order valence-electron chi connectivity index (χ1n) is 51.0. The molecule has 0 spiro atoms. The van der Waals surface area contributed by atoms with Crippen LogP contribution in [0.15, 0.2) is 194 Å². The molecule has 0 bridgehead atoms. The molecule has 19 rings (SSSR count). The maximum absolute atomic E-state index is 14.7. The molecule has 12 atom stereocenters. The smallest absolute Gasteiger partial charge is 0.330 e. The summed E-state index contributed by atoms with van der Waals surface area (Å²) < 4.78 is 100. The lowest BCUT2D eigenvalue weighted by Gasteiger charge is -2.32. The number of nitrogens with zero attached hydrogens (tertiary/aromatic N) is 11. The Morgan fingerprint density at radius 2 is 0.738 bits per heavy atom. The Bertz CT molecular complexity index is 6550. The van der Waals surface area contributed by atoms with Crippen LogP contribution in [-0.2, 0) is 61.9 Å². The SMILES string of the molecule is COc1ccc(CN2CCCCC/C=C\[C@@H]3C[C@@]3(C(=O)NS(=O)(=O)C3(C)CC3)NC(=O)[C@@H]3C[C@@H](Oc4cc(-c5ccccc5)nc(OC)n4)CN3C2=O)cc1.COc1ccc(CN2CCCCC/C=C\[C@@H]3C[C@@]3(C(=O)O)NC(=O)[C@@H]3C[C@@H](Oc4cc(-c5ccccc5)nc(OC)n4)CN3C2=O)cc1.COc1nc(O[C@@H]2C[C@H]3C(=O)N[C@]4(C(=O)NS(=O)(=O)C5(C)CC5)C[C@H]4/C=C\CCCCCNC(=O)N3C2)cc(-c2ccccc2)n1. The van der Waals surface area contributed by atoms with Crippen molar-refractivity contribution < 1.29 is 103 Å². The van der Waals surface area contributed by atoms with Crippen LogP contribution >= 0.6 is 0 Å². The van der Waals surface area contributed by atoms with E-state index < -0.39 is 130 Å². The molecule has 9 heterocycles. The van der Waals surface area contributed by atoms with Gasteiger partial charge >= 0.3 is 42.1 Å². The molecule has 5 saturated carbocycles. The van der Waals surface area contributed by atoms with Gasteiger partial charge in [0.25, 0.3) is 11.8 Å². The fourth-order valence-electron chi connectivity index (χ4n) is 19.8. The quantitative estimate of drug-likeness (QED) is 0.0261. The number of ether oxygens (including phenoxy) is 8. The summed E-state index contributed by atoms with van der Waals surface area (Å²) in [6, 6.07) is 44.9. The predicted molar refractivity (Wildman–Crippen MR) is 548 cm³/mol. The standard InChI is InChI=1S/C40H48N6O8S.C36H41N5O7.C32H40N6O7S/c1-39(19-20-39)55(50,51)44-36(48)40-24-29(40)14-10-5-4-6-11-21-45(25-27-15-17-30(52-2)18-16-27)38(49)46-26-31(22-33(46)35(47)43-40)54-34-23-32(41-37(42-34)53-3)28-12-8-7-9-13-28;1-46-27-16-14-24(15-17-27)22-40-18-10-5-3-4-9-13-26-21-36(26,33(43)44)39-32(42)30-19-28(23-41(30)35(40)45)48-31-20-29(37-34(38-31)47-2)25-11-7-6-8-12-25;1-31(14-15-31)46(42,43)37-28(40)32-19-22(32)13-9-4-3-5-10-16-33-30(41)38-20-23(17-25(38)27(39)36-32)45-26-18-24(34-29(35-26)44-2)21-11-7-6-8-12-21/h7-10,12-18,23,29,31,33H,4-6,11,19-22,24-26H2,1-3H3,(H,43,47)(H,44,48);6-9,11-17,20,26,28,30H,3-5,10,18-19,21-23H2,1-2H3,(H,39,42)(H,43,44);6-9,11-13,18,22-23,25H,3-5,10,14-17,19-20H2,1-2H3,(H,33,41)(H,36,39)(H,37,40)/b14-10-;2*13-9-/t29-,31-,33+,40-;26-,28-,30+,36-;22-,23-,25+,32-/m111/s1. The molecule has 7 N–H and O–H groups in total. The Morgan fingerprint density at radius 1 is 0.409 bits per heavy atom. The van der Waals surface area contributed by atoms with Crippen molar-refractivity contribution in [3.05, 3.63) is 205 Å². The molecule has 5 aromatic carbocycles. The first-order chi connectivity index (χ1) is 71.8. The minimum absolute atomic E-state index is 0.0539. The van der Waals surface area contributed by atoms with E-state index in [-0.39, 0.29) is 111 Å². The van der Waals surface area contributed by atoms with E-state index in [9.17, 15) is 65.1 Å². The molecule has 5 aliphatic carbocycles. The lowest BCUT2D eigenvalue weighted by Crippen LogP contribution is -2.58. The molecule has 8 fully saturated rings. The van der Waals surface area contributed by atoms with E-state index in [0.29, 0.717) is 93.4 Å². The lowest BCUT2D eigenvalue weighted by atomic mass is 10.1. The first-order valence-corrected chi connectivity index (χ1v) is 53.9. The van der Waals surface area contributed by atoms with Crippen molar-refractivity contribution in [2.75, 3.05) is 74.8 Å². The molecule has 3 saturated heterocycles. The molecule has 3 aromatic heterocycles. The Kier molecular flexibility index (Phi) is 32.4. The van der Waals surface area contributed by atoms with Crippen molar-refractivity contribution >= 4 is 73.6 Å². The number of aliphatic carboxylic acids is 1. The van der Waals surface area contributed by atoms with Crippen molar-refractivity contribution in [2.24, 2.45) is 17.8 Å². The third-order valence-electron chi connectivity index (χ3n) is 29.7. The van der Waals surface area contributed by atoms with Crippen LogP contribution in [-0.4, -0.2) is 267 Å². The van der Waals surface area contributed by atoms with Crippen molar-refractivity contribution in [1.82, 2.24) is 85.1 Å². The van der Waals surface area contributed by atoms with Gasteiger partial charge in [-0.05, 0) is 152 Å². The average Bonchev–Trinajstić information content (AvgIpc) is 1.56. The molecule has 11 aliphatic rings. The summed E-state index contributed by atoms with van der Waals surface area (Å²) in [6.07, 6.45) is 22.8. The van der Waals surface area contributed by atoms with Crippen LogP contribution in [0, 0.1) is 17.8 Å². The number of sulfonamides is 2.